The Balaban J connectivity index is 1.50. The van der Waals surface area contributed by atoms with E-state index in [1.54, 1.807) is 19.5 Å². The molecule has 0 aliphatic carbocycles. The van der Waals surface area contributed by atoms with Crippen molar-refractivity contribution in [2.75, 3.05) is 26.7 Å². The number of nitrogens with one attached hydrogen (secondary N) is 1. The molecule has 1 fully saturated rings. The van der Waals surface area contributed by atoms with E-state index in [0.29, 0.717) is 24.4 Å². The zero-order valence-electron chi connectivity index (χ0n) is 16.1. The molecule has 1 amide bonds. The van der Waals surface area contributed by atoms with Gasteiger partial charge in [-0.3, -0.25) is 14.7 Å². The summed E-state index contributed by atoms with van der Waals surface area (Å²) in [5.41, 5.74) is 1.40. The van der Waals surface area contributed by atoms with Crippen LogP contribution >= 0.6 is 11.6 Å². The van der Waals surface area contributed by atoms with Crippen LogP contribution in [-0.4, -0.2) is 48.1 Å². The Morgan fingerprint density at radius 1 is 1.29 bits per heavy atom. The average Bonchev–Trinajstić information content (AvgIpc) is 2.74. The Bertz CT molecular complexity index is 802. The van der Waals surface area contributed by atoms with E-state index in [1.165, 1.54) is 0 Å². The average molecular weight is 400 g/mol. The number of nitrogens with zero attached hydrogens (tertiary/aromatic N) is 2. The van der Waals surface area contributed by atoms with Crippen molar-refractivity contribution in [3.63, 3.8) is 0 Å². The highest BCUT2D eigenvalue weighted by molar-refractivity contribution is 6.31. The van der Waals surface area contributed by atoms with Crippen LogP contribution in [0.1, 0.15) is 24.0 Å². The van der Waals surface area contributed by atoms with Crippen LogP contribution in [0.2, 0.25) is 5.02 Å². The van der Waals surface area contributed by atoms with Crippen LogP contribution in [-0.2, 0) is 16.1 Å². The maximum atomic E-state index is 12.8. The minimum atomic E-state index is -0.765. The van der Waals surface area contributed by atoms with Gasteiger partial charge in [-0.15, -0.1) is 0 Å². The number of amides is 1. The second kappa shape index (κ2) is 9.82. The van der Waals surface area contributed by atoms with E-state index in [9.17, 15) is 4.79 Å². The van der Waals surface area contributed by atoms with E-state index in [0.717, 1.165) is 30.8 Å². The number of likely N-dealkylation sites (tertiary alicyclic amines) is 1. The van der Waals surface area contributed by atoms with Crippen molar-refractivity contribution in [2.45, 2.75) is 25.0 Å². The van der Waals surface area contributed by atoms with Crippen molar-refractivity contribution < 1.29 is 9.53 Å². The molecule has 1 aliphatic rings. The Labute approximate surface area is 171 Å². The van der Waals surface area contributed by atoms with E-state index in [-0.39, 0.29) is 5.91 Å². The molecule has 28 heavy (non-hydrogen) atoms. The second-order valence-electron chi connectivity index (χ2n) is 6.96. The molecule has 148 valence electrons. The minimum absolute atomic E-state index is 0.0469. The summed E-state index contributed by atoms with van der Waals surface area (Å²) in [6.07, 6.45) is 8.68. The van der Waals surface area contributed by atoms with Crippen LogP contribution in [0.5, 0.6) is 0 Å². The first-order chi connectivity index (χ1) is 13.6. The summed E-state index contributed by atoms with van der Waals surface area (Å²) in [7, 11) is 1.62. The summed E-state index contributed by atoms with van der Waals surface area (Å²) < 4.78 is 5.68. The molecule has 1 N–H and O–H groups in total. The lowest BCUT2D eigenvalue weighted by molar-refractivity contribution is -0.149. The summed E-state index contributed by atoms with van der Waals surface area (Å²) >= 11 is 6.21. The van der Waals surface area contributed by atoms with Crippen LogP contribution in [0, 0.1) is 0 Å². The van der Waals surface area contributed by atoms with Gasteiger partial charge in [-0.1, -0.05) is 54.1 Å². The Morgan fingerprint density at radius 2 is 2.04 bits per heavy atom. The van der Waals surface area contributed by atoms with Crippen molar-refractivity contribution in [3.05, 3.63) is 71.0 Å². The number of carbonyl (C=O) groups is 1. The van der Waals surface area contributed by atoms with Crippen LogP contribution in [0.4, 0.5) is 0 Å². The largest absolute Gasteiger partial charge is 0.368 e. The van der Waals surface area contributed by atoms with E-state index in [2.05, 4.69) is 15.2 Å². The van der Waals surface area contributed by atoms with Crippen molar-refractivity contribution in [1.29, 1.82) is 0 Å². The zero-order chi connectivity index (χ0) is 19.8. The molecule has 5 nitrogen and oxygen atoms in total. The van der Waals surface area contributed by atoms with Crippen molar-refractivity contribution in [1.82, 2.24) is 15.2 Å². The van der Waals surface area contributed by atoms with Crippen molar-refractivity contribution >= 4 is 23.6 Å². The minimum Gasteiger partial charge on any atom is -0.368 e. The van der Waals surface area contributed by atoms with Crippen molar-refractivity contribution in [2.24, 2.45) is 0 Å². The monoisotopic (exact) mass is 399 g/mol. The van der Waals surface area contributed by atoms with Crippen LogP contribution < -0.4 is 5.32 Å². The fraction of sp³-hybridized carbons (Fsp3) is 0.364. The number of ether oxygens (including phenoxy) is 1. The Kier molecular flexibility index (Phi) is 7.20. The molecule has 0 bridgehead atoms. The van der Waals surface area contributed by atoms with Gasteiger partial charge in [0.05, 0.1) is 5.02 Å². The molecule has 0 atom stereocenters. The lowest BCUT2D eigenvalue weighted by atomic mass is 9.89. The molecule has 2 heterocycles. The number of halogens is 1. The lowest BCUT2D eigenvalue weighted by Crippen LogP contribution is -2.54. The molecule has 0 unspecified atom stereocenters. The Hall–Kier alpha value is -2.21. The van der Waals surface area contributed by atoms with E-state index in [1.807, 2.05) is 48.6 Å². The number of pyridine rings is 1. The van der Waals surface area contributed by atoms with Gasteiger partial charge in [0.1, 0.15) is 5.60 Å². The highest BCUT2D eigenvalue weighted by atomic mass is 35.5. The summed E-state index contributed by atoms with van der Waals surface area (Å²) in [5.74, 6) is -0.0469. The molecule has 1 aliphatic heterocycles. The van der Waals surface area contributed by atoms with Gasteiger partial charge in [0.15, 0.2) is 0 Å². The van der Waals surface area contributed by atoms with E-state index >= 15 is 0 Å². The summed E-state index contributed by atoms with van der Waals surface area (Å²) in [4.78, 5) is 19.1. The number of hydrogen-bond donors (Lipinski definition) is 1. The van der Waals surface area contributed by atoms with Crippen molar-refractivity contribution in [3.8, 4) is 0 Å². The SMILES string of the molecule is COC1(C(=O)NCC=Cc2ccccc2)CCN(Cc2ccncc2Cl)CC1. The van der Waals surface area contributed by atoms with Gasteiger partial charge < -0.3 is 10.1 Å². The second-order valence-corrected chi connectivity index (χ2v) is 7.37. The third-order valence-electron chi connectivity index (χ3n) is 5.21. The molecular formula is C22H26ClN3O2. The highest BCUT2D eigenvalue weighted by Crippen LogP contribution is 2.28. The number of hydrogen-bond acceptors (Lipinski definition) is 4. The molecule has 0 spiro atoms. The topological polar surface area (TPSA) is 54.5 Å². The van der Waals surface area contributed by atoms with Gasteiger partial charge >= 0.3 is 0 Å². The predicted molar refractivity (Wildman–Crippen MR) is 112 cm³/mol. The summed E-state index contributed by atoms with van der Waals surface area (Å²) in [6.45, 7) is 2.79. The van der Waals surface area contributed by atoms with Gasteiger partial charge in [0.2, 0.25) is 0 Å². The van der Waals surface area contributed by atoms with E-state index in [4.69, 9.17) is 16.3 Å². The third-order valence-corrected chi connectivity index (χ3v) is 5.55. The molecule has 0 saturated carbocycles. The summed E-state index contributed by atoms with van der Waals surface area (Å²) in [6, 6.07) is 12.0. The van der Waals surface area contributed by atoms with Gasteiger partial charge in [0.25, 0.3) is 5.91 Å². The first kappa shape index (κ1) is 20.5. The van der Waals surface area contributed by atoms with Crippen LogP contribution in [0.15, 0.2) is 54.9 Å². The fourth-order valence-electron chi connectivity index (χ4n) is 3.44. The van der Waals surface area contributed by atoms with Crippen LogP contribution in [0.3, 0.4) is 0 Å². The molecule has 2 aromatic rings. The molecule has 0 radical (unpaired) electrons. The molecule has 1 saturated heterocycles. The van der Waals surface area contributed by atoms with Gasteiger partial charge in [-0.05, 0) is 30.0 Å². The fourth-order valence-corrected chi connectivity index (χ4v) is 3.62. The number of methoxy groups -OCH3 is 1. The lowest BCUT2D eigenvalue weighted by Gasteiger charge is -2.39. The summed E-state index contributed by atoms with van der Waals surface area (Å²) in [5, 5.41) is 3.66. The molecule has 1 aromatic carbocycles. The number of benzene rings is 1. The number of carbonyl (C=O) groups excluding carboxylic acids is 1. The van der Waals surface area contributed by atoms with E-state index < -0.39 is 5.60 Å². The predicted octanol–water partition coefficient (Wildman–Crippen LogP) is 3.55. The maximum absolute atomic E-state index is 12.8. The number of aromatic nitrogens is 1. The zero-order valence-corrected chi connectivity index (χ0v) is 16.9. The first-order valence-corrected chi connectivity index (χ1v) is 9.86. The smallest absolute Gasteiger partial charge is 0.252 e. The normalized spacial score (nSPS) is 16.9. The third kappa shape index (κ3) is 5.19. The molecule has 6 heteroatoms. The van der Waals surface area contributed by atoms with Crippen LogP contribution in [0.25, 0.3) is 6.08 Å². The first-order valence-electron chi connectivity index (χ1n) is 9.49. The molecule has 3 rings (SSSR count). The molecule has 1 aromatic heterocycles. The number of piperidine rings is 1. The van der Waals surface area contributed by atoms with Gasteiger partial charge in [0, 0.05) is 45.7 Å². The van der Waals surface area contributed by atoms with Gasteiger partial charge in [-0.25, -0.2) is 0 Å². The Morgan fingerprint density at radius 3 is 2.71 bits per heavy atom. The van der Waals surface area contributed by atoms with Gasteiger partial charge in [-0.2, -0.15) is 0 Å². The maximum Gasteiger partial charge on any atom is 0.252 e. The quantitative estimate of drug-likeness (QED) is 0.773. The standard InChI is InChI=1S/C22H26ClN3O2/c1-28-22(21(27)25-12-5-8-18-6-3-2-4-7-18)10-14-26(15-11-22)17-19-9-13-24-16-20(19)23/h2-9,13,16H,10-12,14-15,17H2,1H3,(H,25,27). The highest BCUT2D eigenvalue weighted by Gasteiger charge is 2.41. The number of rotatable bonds is 7. The molecular weight excluding hydrogens is 374 g/mol.